The first-order valence-corrected chi connectivity index (χ1v) is 8.34. The van der Waals surface area contributed by atoms with Crippen molar-refractivity contribution in [2.24, 2.45) is 0 Å². The standard InChI is InChI=1S/C22H23NO2/c1-24-21-12-8-19(9-13-21)17-23(16-18-6-4-3-5-7-18)20-10-14-22(25-2)15-11-20/h3-15H,16-17H2,1-2H3. The van der Waals surface area contributed by atoms with Gasteiger partial charge >= 0.3 is 0 Å². The molecule has 0 bridgehead atoms. The molecule has 3 aromatic rings. The van der Waals surface area contributed by atoms with Crippen LogP contribution in [0.5, 0.6) is 11.5 Å². The van der Waals surface area contributed by atoms with Crippen molar-refractivity contribution in [2.75, 3.05) is 19.1 Å². The minimum Gasteiger partial charge on any atom is -0.497 e. The van der Waals surface area contributed by atoms with E-state index in [1.54, 1.807) is 14.2 Å². The molecule has 0 fully saturated rings. The maximum atomic E-state index is 5.28. The molecule has 0 spiro atoms. The Morgan fingerprint density at radius 1 is 0.600 bits per heavy atom. The average Bonchev–Trinajstić information content (AvgIpc) is 2.69. The van der Waals surface area contributed by atoms with E-state index in [-0.39, 0.29) is 0 Å². The predicted octanol–water partition coefficient (Wildman–Crippen LogP) is 4.91. The van der Waals surface area contributed by atoms with Crippen molar-refractivity contribution in [3.8, 4) is 11.5 Å². The summed E-state index contributed by atoms with van der Waals surface area (Å²) < 4.78 is 10.5. The van der Waals surface area contributed by atoms with E-state index in [9.17, 15) is 0 Å². The third-order valence-electron chi connectivity index (χ3n) is 4.19. The average molecular weight is 333 g/mol. The maximum absolute atomic E-state index is 5.28. The minimum atomic E-state index is 0.825. The third kappa shape index (κ3) is 4.54. The molecule has 128 valence electrons. The fourth-order valence-corrected chi connectivity index (χ4v) is 2.79. The summed E-state index contributed by atoms with van der Waals surface area (Å²) in [5.74, 6) is 1.75. The van der Waals surface area contributed by atoms with Crippen molar-refractivity contribution < 1.29 is 9.47 Å². The van der Waals surface area contributed by atoms with Crippen molar-refractivity contribution in [2.45, 2.75) is 13.1 Å². The fourth-order valence-electron chi connectivity index (χ4n) is 2.79. The zero-order chi connectivity index (χ0) is 17.5. The van der Waals surface area contributed by atoms with Gasteiger partial charge in [-0.1, -0.05) is 42.5 Å². The molecule has 3 aromatic carbocycles. The lowest BCUT2D eigenvalue weighted by Gasteiger charge is -2.25. The second-order valence-corrected chi connectivity index (χ2v) is 5.89. The molecule has 25 heavy (non-hydrogen) atoms. The van der Waals surface area contributed by atoms with Crippen LogP contribution in [0.1, 0.15) is 11.1 Å². The largest absolute Gasteiger partial charge is 0.497 e. The number of anilines is 1. The smallest absolute Gasteiger partial charge is 0.119 e. The molecule has 3 heteroatoms. The third-order valence-corrected chi connectivity index (χ3v) is 4.19. The summed E-state index contributed by atoms with van der Waals surface area (Å²) in [6.07, 6.45) is 0. The lowest BCUT2D eigenvalue weighted by molar-refractivity contribution is 0.414. The first kappa shape index (κ1) is 16.9. The maximum Gasteiger partial charge on any atom is 0.119 e. The van der Waals surface area contributed by atoms with Crippen LogP contribution < -0.4 is 14.4 Å². The molecule has 3 rings (SSSR count). The zero-order valence-corrected chi connectivity index (χ0v) is 14.7. The highest BCUT2D eigenvalue weighted by molar-refractivity contribution is 5.50. The van der Waals surface area contributed by atoms with Crippen LogP contribution in [0, 0.1) is 0 Å². The molecule has 0 aliphatic carbocycles. The quantitative estimate of drug-likeness (QED) is 0.613. The second-order valence-electron chi connectivity index (χ2n) is 5.89. The van der Waals surface area contributed by atoms with E-state index >= 15 is 0 Å². The van der Waals surface area contributed by atoms with Gasteiger partial charge in [-0.3, -0.25) is 0 Å². The van der Waals surface area contributed by atoms with Gasteiger partial charge in [0, 0.05) is 18.8 Å². The van der Waals surface area contributed by atoms with Crippen LogP contribution in [0.4, 0.5) is 5.69 Å². The number of rotatable bonds is 7. The number of nitrogens with zero attached hydrogens (tertiary/aromatic N) is 1. The Kier molecular flexibility index (Phi) is 5.57. The van der Waals surface area contributed by atoms with Gasteiger partial charge in [-0.05, 0) is 47.5 Å². The van der Waals surface area contributed by atoms with Gasteiger partial charge in [0.2, 0.25) is 0 Å². The molecule has 3 nitrogen and oxygen atoms in total. The first-order valence-electron chi connectivity index (χ1n) is 8.34. The van der Waals surface area contributed by atoms with Gasteiger partial charge in [-0.25, -0.2) is 0 Å². The Balaban J connectivity index is 1.84. The van der Waals surface area contributed by atoms with Gasteiger partial charge in [0.05, 0.1) is 14.2 Å². The molecule has 0 saturated heterocycles. The van der Waals surface area contributed by atoms with Crippen molar-refractivity contribution >= 4 is 5.69 Å². The van der Waals surface area contributed by atoms with Crippen molar-refractivity contribution in [3.63, 3.8) is 0 Å². The zero-order valence-electron chi connectivity index (χ0n) is 14.7. The van der Waals surface area contributed by atoms with Gasteiger partial charge < -0.3 is 14.4 Å². The number of hydrogen-bond donors (Lipinski definition) is 0. The Labute approximate surface area is 149 Å². The SMILES string of the molecule is COc1ccc(CN(Cc2ccccc2)c2ccc(OC)cc2)cc1. The van der Waals surface area contributed by atoms with Crippen LogP contribution >= 0.6 is 0 Å². The molecule has 0 heterocycles. The van der Waals surface area contributed by atoms with Crippen LogP contribution in [0.15, 0.2) is 78.9 Å². The lowest BCUT2D eigenvalue weighted by Crippen LogP contribution is -2.22. The summed E-state index contributed by atoms with van der Waals surface area (Å²) in [6, 6.07) is 27.0. The van der Waals surface area contributed by atoms with Gasteiger partial charge in [0.1, 0.15) is 11.5 Å². The summed E-state index contributed by atoms with van der Waals surface area (Å²) in [5, 5.41) is 0. The number of hydrogen-bond acceptors (Lipinski definition) is 3. The summed E-state index contributed by atoms with van der Waals surface area (Å²) in [7, 11) is 3.38. The van der Waals surface area contributed by atoms with Gasteiger partial charge in [-0.15, -0.1) is 0 Å². The lowest BCUT2D eigenvalue weighted by atomic mass is 10.1. The van der Waals surface area contributed by atoms with E-state index in [0.717, 1.165) is 24.6 Å². The minimum absolute atomic E-state index is 0.825. The van der Waals surface area contributed by atoms with E-state index in [1.807, 2.05) is 30.3 Å². The van der Waals surface area contributed by atoms with Crippen LogP contribution in [0.3, 0.4) is 0 Å². The van der Waals surface area contributed by atoms with Crippen molar-refractivity contribution in [1.29, 1.82) is 0 Å². The van der Waals surface area contributed by atoms with Gasteiger partial charge in [0.25, 0.3) is 0 Å². The van der Waals surface area contributed by atoms with Gasteiger partial charge in [-0.2, -0.15) is 0 Å². The molecule has 0 radical (unpaired) electrons. The Morgan fingerprint density at radius 3 is 1.60 bits per heavy atom. The normalized spacial score (nSPS) is 10.3. The Hall–Kier alpha value is -2.94. The fraction of sp³-hybridized carbons (Fsp3) is 0.182. The molecule has 0 aliphatic heterocycles. The van der Waals surface area contributed by atoms with Crippen molar-refractivity contribution in [3.05, 3.63) is 90.0 Å². The molecular weight excluding hydrogens is 310 g/mol. The molecular formula is C22H23NO2. The van der Waals surface area contributed by atoms with E-state index in [2.05, 4.69) is 53.4 Å². The highest BCUT2D eigenvalue weighted by atomic mass is 16.5. The van der Waals surface area contributed by atoms with E-state index < -0.39 is 0 Å². The van der Waals surface area contributed by atoms with Gasteiger partial charge in [0.15, 0.2) is 0 Å². The first-order chi connectivity index (χ1) is 12.3. The molecule has 0 unspecified atom stereocenters. The van der Waals surface area contributed by atoms with Crippen LogP contribution in [0.25, 0.3) is 0 Å². The Bertz CT molecular complexity index is 767. The second kappa shape index (κ2) is 8.25. The van der Waals surface area contributed by atoms with Crippen molar-refractivity contribution in [1.82, 2.24) is 0 Å². The number of ether oxygens (including phenoxy) is 2. The predicted molar refractivity (Wildman–Crippen MR) is 102 cm³/mol. The molecule has 0 aliphatic rings. The number of benzene rings is 3. The summed E-state index contributed by atoms with van der Waals surface area (Å²) in [6.45, 7) is 1.67. The molecule has 0 aromatic heterocycles. The van der Waals surface area contributed by atoms with E-state index in [0.29, 0.717) is 0 Å². The molecule has 0 amide bonds. The Morgan fingerprint density at radius 2 is 1.08 bits per heavy atom. The summed E-state index contributed by atoms with van der Waals surface area (Å²) >= 11 is 0. The van der Waals surface area contributed by atoms with E-state index in [1.165, 1.54) is 16.8 Å². The molecule has 0 saturated carbocycles. The highest BCUT2D eigenvalue weighted by Gasteiger charge is 2.09. The van der Waals surface area contributed by atoms with E-state index in [4.69, 9.17) is 9.47 Å². The van der Waals surface area contributed by atoms with Crippen LogP contribution in [-0.4, -0.2) is 14.2 Å². The highest BCUT2D eigenvalue weighted by Crippen LogP contribution is 2.24. The summed E-state index contributed by atoms with van der Waals surface area (Å²) in [5.41, 5.74) is 3.69. The number of methoxy groups -OCH3 is 2. The topological polar surface area (TPSA) is 21.7 Å². The molecule has 0 N–H and O–H groups in total. The monoisotopic (exact) mass is 333 g/mol. The molecule has 0 atom stereocenters. The van der Waals surface area contributed by atoms with Crippen LogP contribution in [0.2, 0.25) is 0 Å². The van der Waals surface area contributed by atoms with Crippen LogP contribution in [-0.2, 0) is 13.1 Å². The summed E-state index contributed by atoms with van der Waals surface area (Å²) in [4.78, 5) is 2.36.